The van der Waals surface area contributed by atoms with Gasteiger partial charge in [-0.15, -0.1) is 0 Å². The summed E-state index contributed by atoms with van der Waals surface area (Å²) in [7, 11) is 0. The molecule has 0 fully saturated rings. The third kappa shape index (κ3) is 5.93. The lowest BCUT2D eigenvalue weighted by Crippen LogP contribution is -2.19. The maximum Gasteiger partial charge on any atom is 0.344 e. The number of nitrogens with one attached hydrogen (secondary N) is 1. The van der Waals surface area contributed by atoms with Gasteiger partial charge in [-0.25, -0.2) is 4.79 Å². The number of para-hydroxylation sites is 1. The predicted octanol–water partition coefficient (Wildman–Crippen LogP) is 3.10. The Hall–Kier alpha value is -2.86. The van der Waals surface area contributed by atoms with Crippen LogP contribution in [0.15, 0.2) is 48.5 Å². The Balaban J connectivity index is 1.80. The average molecular weight is 362 g/mol. The molecule has 7 heteroatoms. The first-order valence-corrected chi connectivity index (χ1v) is 7.77. The van der Waals surface area contributed by atoms with E-state index in [1.54, 1.807) is 48.5 Å². The molecule has 0 aliphatic heterocycles. The van der Waals surface area contributed by atoms with Gasteiger partial charge in [-0.3, -0.25) is 9.59 Å². The molecule has 130 valence electrons. The number of benzene rings is 2. The second kappa shape index (κ2) is 8.84. The van der Waals surface area contributed by atoms with E-state index >= 15 is 0 Å². The number of carbonyl (C=O) groups excluding carboxylic acids is 3. The Morgan fingerprint density at radius 1 is 1.00 bits per heavy atom. The Labute approximate surface area is 149 Å². The molecular formula is C18H16ClNO5. The first-order chi connectivity index (χ1) is 12.0. The second-order valence-electron chi connectivity index (χ2n) is 5.06. The molecule has 0 radical (unpaired) electrons. The standard InChI is InChI=1S/C18H16ClNO5/c1-12(21)20-14-8-6-13(7-9-14)16(22)10-25-18(23)11-24-17-5-3-2-4-15(17)19/h2-9H,10-11H2,1H3,(H,20,21). The zero-order valence-electron chi connectivity index (χ0n) is 13.5. The molecule has 0 saturated carbocycles. The molecule has 0 aliphatic carbocycles. The molecule has 0 heterocycles. The van der Waals surface area contributed by atoms with Gasteiger partial charge in [0.1, 0.15) is 5.75 Å². The third-order valence-corrected chi connectivity index (χ3v) is 3.39. The van der Waals surface area contributed by atoms with Gasteiger partial charge in [-0.2, -0.15) is 0 Å². The fourth-order valence-corrected chi connectivity index (χ4v) is 2.10. The number of ketones is 1. The van der Waals surface area contributed by atoms with Crippen LogP contribution < -0.4 is 10.1 Å². The van der Waals surface area contributed by atoms with Gasteiger partial charge in [0.25, 0.3) is 0 Å². The van der Waals surface area contributed by atoms with E-state index in [9.17, 15) is 14.4 Å². The predicted molar refractivity (Wildman–Crippen MR) is 93.0 cm³/mol. The summed E-state index contributed by atoms with van der Waals surface area (Å²) >= 11 is 5.90. The monoisotopic (exact) mass is 361 g/mol. The number of amides is 1. The van der Waals surface area contributed by atoms with E-state index in [0.717, 1.165) is 0 Å². The largest absolute Gasteiger partial charge is 0.480 e. The summed E-state index contributed by atoms with van der Waals surface area (Å²) < 4.78 is 10.1. The maximum absolute atomic E-state index is 12.0. The fraction of sp³-hybridized carbons (Fsp3) is 0.167. The molecule has 0 aliphatic rings. The van der Waals surface area contributed by atoms with Crippen molar-refractivity contribution in [3.05, 3.63) is 59.1 Å². The van der Waals surface area contributed by atoms with Crippen LogP contribution >= 0.6 is 11.6 Å². The van der Waals surface area contributed by atoms with Crippen LogP contribution in [0.2, 0.25) is 5.02 Å². The number of halogens is 1. The van der Waals surface area contributed by atoms with Crippen LogP contribution in [-0.2, 0) is 14.3 Å². The minimum absolute atomic E-state index is 0.202. The van der Waals surface area contributed by atoms with Gasteiger partial charge < -0.3 is 14.8 Å². The van der Waals surface area contributed by atoms with Gasteiger partial charge in [-0.05, 0) is 36.4 Å². The quantitative estimate of drug-likeness (QED) is 0.605. The van der Waals surface area contributed by atoms with E-state index in [1.807, 2.05) is 0 Å². The van der Waals surface area contributed by atoms with E-state index in [2.05, 4.69) is 5.32 Å². The Kier molecular flexibility index (Phi) is 6.54. The Bertz CT molecular complexity index is 773. The smallest absolute Gasteiger partial charge is 0.344 e. The molecule has 0 bridgehead atoms. The van der Waals surface area contributed by atoms with Crippen molar-refractivity contribution in [1.29, 1.82) is 0 Å². The highest BCUT2D eigenvalue weighted by Crippen LogP contribution is 2.22. The van der Waals surface area contributed by atoms with Crippen molar-refractivity contribution in [2.45, 2.75) is 6.92 Å². The summed E-state index contributed by atoms with van der Waals surface area (Å²) in [6, 6.07) is 13.0. The summed E-state index contributed by atoms with van der Waals surface area (Å²) in [5.74, 6) is -0.879. The summed E-state index contributed by atoms with van der Waals surface area (Å²) in [6.07, 6.45) is 0. The maximum atomic E-state index is 12.0. The first kappa shape index (κ1) is 18.5. The lowest BCUT2D eigenvalue weighted by Gasteiger charge is -2.08. The third-order valence-electron chi connectivity index (χ3n) is 3.07. The lowest BCUT2D eigenvalue weighted by molar-refractivity contribution is -0.144. The van der Waals surface area contributed by atoms with Crippen LogP contribution in [0.5, 0.6) is 5.75 Å². The average Bonchev–Trinajstić information content (AvgIpc) is 2.59. The van der Waals surface area contributed by atoms with Crippen molar-refractivity contribution in [3.63, 3.8) is 0 Å². The SMILES string of the molecule is CC(=O)Nc1ccc(C(=O)COC(=O)COc2ccccc2Cl)cc1. The Morgan fingerprint density at radius 2 is 1.68 bits per heavy atom. The molecule has 2 aromatic rings. The number of carbonyl (C=O) groups is 3. The lowest BCUT2D eigenvalue weighted by atomic mass is 10.1. The highest BCUT2D eigenvalue weighted by Gasteiger charge is 2.11. The number of rotatable bonds is 7. The summed E-state index contributed by atoms with van der Waals surface area (Å²) in [6.45, 7) is 0.645. The molecule has 1 amide bonds. The number of esters is 1. The summed E-state index contributed by atoms with van der Waals surface area (Å²) in [4.78, 5) is 34.6. The second-order valence-corrected chi connectivity index (χ2v) is 5.47. The van der Waals surface area contributed by atoms with Gasteiger partial charge in [-0.1, -0.05) is 23.7 Å². The van der Waals surface area contributed by atoms with Crippen LogP contribution in [0.4, 0.5) is 5.69 Å². The van der Waals surface area contributed by atoms with Gasteiger partial charge in [0.05, 0.1) is 5.02 Å². The van der Waals surface area contributed by atoms with Crippen LogP contribution in [0.1, 0.15) is 17.3 Å². The topological polar surface area (TPSA) is 81.7 Å². The first-order valence-electron chi connectivity index (χ1n) is 7.39. The molecule has 25 heavy (non-hydrogen) atoms. The van der Waals surface area contributed by atoms with E-state index in [-0.39, 0.29) is 18.3 Å². The minimum atomic E-state index is -0.678. The van der Waals surface area contributed by atoms with Crippen LogP contribution in [0, 0.1) is 0 Å². The molecule has 0 spiro atoms. The molecular weight excluding hydrogens is 346 g/mol. The van der Waals surface area contributed by atoms with Gasteiger partial charge in [0, 0.05) is 18.2 Å². The number of hydrogen-bond acceptors (Lipinski definition) is 5. The van der Waals surface area contributed by atoms with E-state index in [4.69, 9.17) is 21.1 Å². The minimum Gasteiger partial charge on any atom is -0.480 e. The highest BCUT2D eigenvalue weighted by molar-refractivity contribution is 6.32. The van der Waals surface area contributed by atoms with E-state index in [1.165, 1.54) is 6.92 Å². The molecule has 0 atom stereocenters. The molecule has 0 saturated heterocycles. The normalized spacial score (nSPS) is 10.0. The van der Waals surface area contributed by atoms with E-state index in [0.29, 0.717) is 22.0 Å². The zero-order chi connectivity index (χ0) is 18.2. The van der Waals surface area contributed by atoms with Crippen molar-refractivity contribution in [2.75, 3.05) is 18.5 Å². The molecule has 1 N–H and O–H groups in total. The van der Waals surface area contributed by atoms with Crippen molar-refractivity contribution >= 4 is 34.9 Å². The fourth-order valence-electron chi connectivity index (χ4n) is 1.91. The van der Waals surface area contributed by atoms with Gasteiger partial charge in [0.15, 0.2) is 19.0 Å². The van der Waals surface area contributed by atoms with E-state index < -0.39 is 12.6 Å². The molecule has 2 rings (SSSR count). The zero-order valence-corrected chi connectivity index (χ0v) is 14.2. The van der Waals surface area contributed by atoms with Crippen molar-refractivity contribution < 1.29 is 23.9 Å². The van der Waals surface area contributed by atoms with Crippen LogP contribution in [0.25, 0.3) is 0 Å². The van der Waals surface area contributed by atoms with Crippen molar-refractivity contribution in [2.24, 2.45) is 0 Å². The number of hydrogen-bond donors (Lipinski definition) is 1. The number of anilines is 1. The molecule has 6 nitrogen and oxygen atoms in total. The van der Waals surface area contributed by atoms with Gasteiger partial charge in [0.2, 0.25) is 5.91 Å². The summed E-state index contributed by atoms with van der Waals surface area (Å²) in [5.41, 5.74) is 0.947. The van der Waals surface area contributed by atoms with Crippen molar-refractivity contribution in [3.8, 4) is 5.75 Å². The summed E-state index contributed by atoms with van der Waals surface area (Å²) in [5, 5.41) is 2.98. The van der Waals surface area contributed by atoms with Gasteiger partial charge >= 0.3 is 5.97 Å². The highest BCUT2D eigenvalue weighted by atomic mass is 35.5. The molecule has 2 aromatic carbocycles. The van der Waals surface area contributed by atoms with Crippen LogP contribution in [-0.4, -0.2) is 30.9 Å². The molecule has 0 unspecified atom stereocenters. The Morgan fingerprint density at radius 3 is 2.32 bits per heavy atom. The van der Waals surface area contributed by atoms with Crippen molar-refractivity contribution in [1.82, 2.24) is 0 Å². The molecule has 0 aromatic heterocycles. The number of ether oxygens (including phenoxy) is 2. The van der Waals surface area contributed by atoms with Crippen LogP contribution in [0.3, 0.4) is 0 Å². The number of Topliss-reactive ketones (excluding diaryl/α,β-unsaturated/α-hetero) is 1.